The molecule has 0 radical (unpaired) electrons. The van der Waals surface area contributed by atoms with Gasteiger partial charge in [-0.2, -0.15) is 0 Å². The Labute approximate surface area is 129 Å². The summed E-state index contributed by atoms with van der Waals surface area (Å²) in [6, 6.07) is 5.91. The third kappa shape index (κ3) is 3.94. The highest BCUT2D eigenvalue weighted by molar-refractivity contribution is 14.1. The summed E-state index contributed by atoms with van der Waals surface area (Å²) < 4.78 is 1.06. The van der Waals surface area contributed by atoms with Gasteiger partial charge in [0.2, 0.25) is 0 Å². The second-order valence-electron chi connectivity index (χ2n) is 5.77. The lowest BCUT2D eigenvalue weighted by molar-refractivity contribution is 0.0941. The van der Waals surface area contributed by atoms with Gasteiger partial charge in [0, 0.05) is 10.1 Å². The summed E-state index contributed by atoms with van der Waals surface area (Å²) in [5.41, 5.74) is 1.98. The number of rotatable bonds is 3. The highest BCUT2D eigenvalue weighted by Crippen LogP contribution is 2.27. The molecule has 1 fully saturated rings. The van der Waals surface area contributed by atoms with Crippen LogP contribution in [-0.2, 0) is 0 Å². The van der Waals surface area contributed by atoms with Gasteiger partial charge in [-0.25, -0.2) is 0 Å². The Morgan fingerprint density at radius 3 is 2.68 bits per heavy atom. The van der Waals surface area contributed by atoms with E-state index in [-0.39, 0.29) is 5.91 Å². The zero-order chi connectivity index (χ0) is 13.8. The van der Waals surface area contributed by atoms with Crippen molar-refractivity contribution in [2.75, 3.05) is 6.54 Å². The van der Waals surface area contributed by atoms with Gasteiger partial charge in [-0.1, -0.05) is 31.9 Å². The van der Waals surface area contributed by atoms with Gasteiger partial charge in [0.1, 0.15) is 0 Å². The molecule has 1 saturated carbocycles. The van der Waals surface area contributed by atoms with Crippen LogP contribution in [0, 0.1) is 22.3 Å². The molecular formula is C16H22INO. The van der Waals surface area contributed by atoms with Crippen LogP contribution >= 0.6 is 22.6 Å². The molecule has 1 aromatic carbocycles. The third-order valence-corrected chi connectivity index (χ3v) is 5.56. The minimum Gasteiger partial charge on any atom is -0.352 e. The van der Waals surface area contributed by atoms with E-state index in [1.165, 1.54) is 31.2 Å². The SMILES string of the molecule is Cc1cccc(C(=O)NCC2CCC(C)CC2)c1I. The summed E-state index contributed by atoms with van der Waals surface area (Å²) in [6.07, 6.45) is 5.13. The minimum atomic E-state index is 0.0757. The molecule has 0 atom stereocenters. The Bertz CT molecular complexity index is 450. The second kappa shape index (κ2) is 6.73. The van der Waals surface area contributed by atoms with Gasteiger partial charge in [-0.15, -0.1) is 0 Å². The first-order chi connectivity index (χ1) is 9.08. The zero-order valence-corrected chi connectivity index (χ0v) is 13.9. The van der Waals surface area contributed by atoms with Crippen molar-refractivity contribution < 1.29 is 4.79 Å². The van der Waals surface area contributed by atoms with Gasteiger partial charge in [0.05, 0.1) is 5.56 Å². The molecule has 0 aliphatic heterocycles. The molecular weight excluding hydrogens is 349 g/mol. The average molecular weight is 371 g/mol. The first kappa shape index (κ1) is 14.8. The Balaban J connectivity index is 1.89. The summed E-state index contributed by atoms with van der Waals surface area (Å²) in [7, 11) is 0. The fraction of sp³-hybridized carbons (Fsp3) is 0.562. The van der Waals surface area contributed by atoms with Crippen LogP contribution in [0.3, 0.4) is 0 Å². The lowest BCUT2D eigenvalue weighted by Crippen LogP contribution is -2.31. The van der Waals surface area contributed by atoms with E-state index in [9.17, 15) is 4.79 Å². The topological polar surface area (TPSA) is 29.1 Å². The maximum absolute atomic E-state index is 12.2. The fourth-order valence-corrected chi connectivity index (χ4v) is 3.29. The van der Waals surface area contributed by atoms with E-state index < -0.39 is 0 Å². The number of hydrogen-bond donors (Lipinski definition) is 1. The van der Waals surface area contributed by atoms with E-state index in [4.69, 9.17) is 0 Å². The highest BCUT2D eigenvalue weighted by atomic mass is 127. The van der Waals surface area contributed by atoms with E-state index in [0.717, 1.165) is 21.6 Å². The Kier molecular flexibility index (Phi) is 5.25. The van der Waals surface area contributed by atoms with Gasteiger partial charge < -0.3 is 5.32 Å². The van der Waals surface area contributed by atoms with Crippen molar-refractivity contribution in [3.8, 4) is 0 Å². The molecule has 19 heavy (non-hydrogen) atoms. The van der Waals surface area contributed by atoms with Gasteiger partial charge in [0.25, 0.3) is 5.91 Å². The first-order valence-electron chi connectivity index (χ1n) is 7.11. The molecule has 1 N–H and O–H groups in total. The molecule has 0 saturated heterocycles. The van der Waals surface area contributed by atoms with Crippen molar-refractivity contribution in [2.24, 2.45) is 11.8 Å². The summed E-state index contributed by atoms with van der Waals surface area (Å²) in [6.45, 7) is 5.19. The summed E-state index contributed by atoms with van der Waals surface area (Å²) >= 11 is 2.26. The van der Waals surface area contributed by atoms with Crippen molar-refractivity contribution in [3.63, 3.8) is 0 Å². The molecule has 1 aromatic rings. The molecule has 104 valence electrons. The highest BCUT2D eigenvalue weighted by Gasteiger charge is 2.19. The largest absolute Gasteiger partial charge is 0.352 e. The number of carbonyl (C=O) groups excluding carboxylic acids is 1. The van der Waals surface area contributed by atoms with Gasteiger partial charge in [0.15, 0.2) is 0 Å². The molecule has 0 unspecified atom stereocenters. The first-order valence-corrected chi connectivity index (χ1v) is 8.19. The van der Waals surface area contributed by atoms with E-state index in [1.54, 1.807) is 0 Å². The minimum absolute atomic E-state index is 0.0757. The van der Waals surface area contributed by atoms with Crippen molar-refractivity contribution in [1.82, 2.24) is 5.32 Å². The molecule has 3 heteroatoms. The molecule has 0 spiro atoms. The molecule has 1 amide bonds. The predicted octanol–water partition coefficient (Wildman–Crippen LogP) is 4.16. The quantitative estimate of drug-likeness (QED) is 0.795. The number of carbonyl (C=O) groups is 1. The molecule has 0 aromatic heterocycles. The number of benzene rings is 1. The molecule has 0 heterocycles. The van der Waals surface area contributed by atoms with Crippen LogP contribution in [0.4, 0.5) is 0 Å². The summed E-state index contributed by atoms with van der Waals surface area (Å²) in [5.74, 6) is 1.61. The zero-order valence-electron chi connectivity index (χ0n) is 11.7. The van der Waals surface area contributed by atoms with E-state index in [2.05, 4.69) is 34.8 Å². The van der Waals surface area contributed by atoms with Crippen molar-refractivity contribution in [1.29, 1.82) is 0 Å². The lowest BCUT2D eigenvalue weighted by atomic mass is 9.83. The van der Waals surface area contributed by atoms with Crippen LogP contribution in [0.15, 0.2) is 18.2 Å². The lowest BCUT2D eigenvalue weighted by Gasteiger charge is -2.26. The standard InChI is InChI=1S/C16H22INO/c1-11-6-8-13(9-7-11)10-18-16(19)14-5-3-4-12(2)15(14)17/h3-5,11,13H,6-10H2,1-2H3,(H,18,19). The monoisotopic (exact) mass is 371 g/mol. The van der Waals surface area contributed by atoms with Crippen LogP contribution in [0.5, 0.6) is 0 Å². The van der Waals surface area contributed by atoms with Crippen molar-refractivity contribution in [3.05, 3.63) is 32.9 Å². The van der Waals surface area contributed by atoms with Crippen molar-refractivity contribution >= 4 is 28.5 Å². The Hall–Kier alpha value is -0.580. The van der Waals surface area contributed by atoms with E-state index in [0.29, 0.717) is 5.92 Å². The Morgan fingerprint density at radius 1 is 1.32 bits per heavy atom. The van der Waals surface area contributed by atoms with E-state index >= 15 is 0 Å². The van der Waals surface area contributed by atoms with Gasteiger partial charge in [-0.05, 0) is 65.8 Å². The predicted molar refractivity (Wildman–Crippen MR) is 87.4 cm³/mol. The van der Waals surface area contributed by atoms with Gasteiger partial charge >= 0.3 is 0 Å². The molecule has 1 aliphatic carbocycles. The van der Waals surface area contributed by atoms with Crippen LogP contribution < -0.4 is 5.32 Å². The number of nitrogens with one attached hydrogen (secondary N) is 1. The average Bonchev–Trinajstić information content (AvgIpc) is 2.41. The van der Waals surface area contributed by atoms with Crippen LogP contribution in [0.1, 0.15) is 48.5 Å². The molecule has 2 nitrogen and oxygen atoms in total. The normalized spacial score (nSPS) is 23.1. The third-order valence-electron chi connectivity index (χ3n) is 4.12. The molecule has 1 aliphatic rings. The summed E-state index contributed by atoms with van der Waals surface area (Å²) in [4.78, 5) is 12.2. The maximum Gasteiger partial charge on any atom is 0.252 e. The Morgan fingerprint density at radius 2 is 2.00 bits per heavy atom. The number of hydrogen-bond acceptors (Lipinski definition) is 1. The summed E-state index contributed by atoms with van der Waals surface area (Å²) in [5, 5.41) is 3.11. The van der Waals surface area contributed by atoms with E-state index in [1.807, 2.05) is 25.1 Å². The van der Waals surface area contributed by atoms with Crippen LogP contribution in [-0.4, -0.2) is 12.5 Å². The number of halogens is 1. The maximum atomic E-state index is 12.2. The van der Waals surface area contributed by atoms with Crippen LogP contribution in [0.25, 0.3) is 0 Å². The van der Waals surface area contributed by atoms with Crippen molar-refractivity contribution in [2.45, 2.75) is 39.5 Å². The second-order valence-corrected chi connectivity index (χ2v) is 6.85. The number of amides is 1. The molecule has 0 bridgehead atoms. The molecule has 2 rings (SSSR count). The smallest absolute Gasteiger partial charge is 0.252 e. The number of aryl methyl sites for hydroxylation is 1. The van der Waals surface area contributed by atoms with Gasteiger partial charge in [-0.3, -0.25) is 4.79 Å². The van der Waals surface area contributed by atoms with Crippen LogP contribution in [0.2, 0.25) is 0 Å². The fourth-order valence-electron chi connectivity index (χ4n) is 2.69.